The van der Waals surface area contributed by atoms with Gasteiger partial charge in [-0.25, -0.2) is 0 Å². The van der Waals surface area contributed by atoms with Crippen LogP contribution in [0.5, 0.6) is 0 Å². The molecule has 0 atom stereocenters. The zero-order valence-corrected chi connectivity index (χ0v) is 13.3. The first-order chi connectivity index (χ1) is 10.1. The van der Waals surface area contributed by atoms with Crippen LogP contribution >= 0.6 is 0 Å². The molecule has 0 unspecified atom stereocenters. The van der Waals surface area contributed by atoms with Crippen LogP contribution in [0.2, 0.25) is 0 Å². The van der Waals surface area contributed by atoms with Crippen LogP contribution in [0.25, 0.3) is 0 Å². The zero-order valence-electron chi connectivity index (χ0n) is 13.3. The van der Waals surface area contributed by atoms with Gasteiger partial charge in [0.25, 0.3) is 0 Å². The Labute approximate surface area is 127 Å². The van der Waals surface area contributed by atoms with E-state index in [4.69, 9.17) is 0 Å². The molecule has 21 heavy (non-hydrogen) atoms. The van der Waals surface area contributed by atoms with Crippen molar-refractivity contribution >= 4 is 17.5 Å². The smallest absolute Gasteiger partial charge is 0.313 e. The second kappa shape index (κ2) is 9.16. The molecule has 0 aliphatic carbocycles. The summed E-state index contributed by atoms with van der Waals surface area (Å²) in [5.41, 5.74) is 1.87. The predicted octanol–water partition coefficient (Wildman–Crippen LogP) is 3.23. The highest BCUT2D eigenvalue weighted by Crippen LogP contribution is 2.10. The van der Waals surface area contributed by atoms with Crippen molar-refractivity contribution in [1.29, 1.82) is 0 Å². The summed E-state index contributed by atoms with van der Waals surface area (Å²) in [4.78, 5) is 25.9. The summed E-state index contributed by atoms with van der Waals surface area (Å²) in [7, 11) is 0. The van der Waals surface area contributed by atoms with Gasteiger partial charge in [-0.15, -0.1) is 0 Å². The Bertz CT molecular complexity index is 454. The molecule has 1 rings (SSSR count). The number of unbranched alkanes of at least 4 members (excludes halogenated alkanes) is 1. The molecule has 0 radical (unpaired) electrons. The van der Waals surface area contributed by atoms with Gasteiger partial charge in [0.1, 0.15) is 0 Å². The normalized spacial score (nSPS) is 10.2. The fraction of sp³-hybridized carbons (Fsp3) is 0.529. The van der Waals surface area contributed by atoms with E-state index in [9.17, 15) is 9.59 Å². The maximum absolute atomic E-state index is 12.2. The van der Waals surface area contributed by atoms with Gasteiger partial charge in [0, 0.05) is 18.8 Å². The lowest BCUT2D eigenvalue weighted by molar-refractivity contribution is -0.143. The lowest BCUT2D eigenvalue weighted by Crippen LogP contribution is -2.40. The Morgan fingerprint density at radius 1 is 1.00 bits per heavy atom. The quantitative estimate of drug-likeness (QED) is 0.784. The van der Waals surface area contributed by atoms with E-state index in [1.807, 2.05) is 31.2 Å². The molecule has 0 fully saturated rings. The molecular weight excluding hydrogens is 264 g/mol. The number of rotatable bonds is 7. The summed E-state index contributed by atoms with van der Waals surface area (Å²) in [6.45, 7) is 7.43. The highest BCUT2D eigenvalue weighted by atomic mass is 16.2. The summed E-state index contributed by atoms with van der Waals surface area (Å²) in [5.74, 6) is -0.992. The van der Waals surface area contributed by atoms with Crippen LogP contribution in [0.3, 0.4) is 0 Å². The van der Waals surface area contributed by atoms with Gasteiger partial charge in [-0.3, -0.25) is 9.59 Å². The molecule has 0 heterocycles. The van der Waals surface area contributed by atoms with Crippen molar-refractivity contribution in [3.63, 3.8) is 0 Å². The SMILES string of the molecule is CCCCN(CCC)C(=O)C(=O)Nc1ccc(CC)cc1. The van der Waals surface area contributed by atoms with E-state index in [0.717, 1.165) is 25.7 Å². The molecular formula is C17H26N2O2. The van der Waals surface area contributed by atoms with Crippen molar-refractivity contribution in [3.05, 3.63) is 29.8 Å². The van der Waals surface area contributed by atoms with Gasteiger partial charge in [-0.05, 0) is 37.0 Å². The minimum absolute atomic E-state index is 0.440. The molecule has 0 aromatic heterocycles. The minimum atomic E-state index is -0.552. The molecule has 0 aliphatic heterocycles. The molecule has 1 aromatic rings. The first-order valence-electron chi connectivity index (χ1n) is 7.81. The largest absolute Gasteiger partial charge is 0.334 e. The van der Waals surface area contributed by atoms with Crippen molar-refractivity contribution in [2.75, 3.05) is 18.4 Å². The van der Waals surface area contributed by atoms with E-state index in [0.29, 0.717) is 18.8 Å². The van der Waals surface area contributed by atoms with Gasteiger partial charge >= 0.3 is 11.8 Å². The number of aryl methyl sites for hydroxylation is 1. The van der Waals surface area contributed by atoms with Crippen LogP contribution in [-0.2, 0) is 16.0 Å². The lowest BCUT2D eigenvalue weighted by atomic mass is 10.1. The lowest BCUT2D eigenvalue weighted by Gasteiger charge is -2.21. The van der Waals surface area contributed by atoms with Gasteiger partial charge in [0.05, 0.1) is 0 Å². The summed E-state index contributed by atoms with van der Waals surface area (Å²) in [5, 5.41) is 2.68. The summed E-state index contributed by atoms with van der Waals surface area (Å²) >= 11 is 0. The third kappa shape index (κ3) is 5.58. The Balaban J connectivity index is 2.64. The number of nitrogens with one attached hydrogen (secondary N) is 1. The van der Waals surface area contributed by atoms with Gasteiger partial charge in [0.15, 0.2) is 0 Å². The average Bonchev–Trinajstić information content (AvgIpc) is 2.51. The fourth-order valence-electron chi connectivity index (χ4n) is 2.09. The Kier molecular flexibility index (Phi) is 7.51. The van der Waals surface area contributed by atoms with Crippen LogP contribution in [0.1, 0.15) is 45.6 Å². The highest BCUT2D eigenvalue weighted by Gasteiger charge is 2.20. The molecule has 4 nitrogen and oxygen atoms in total. The van der Waals surface area contributed by atoms with E-state index in [1.165, 1.54) is 5.56 Å². The van der Waals surface area contributed by atoms with Crippen molar-refractivity contribution in [2.24, 2.45) is 0 Å². The summed E-state index contributed by atoms with van der Waals surface area (Å²) in [6.07, 6.45) is 3.74. The summed E-state index contributed by atoms with van der Waals surface area (Å²) < 4.78 is 0. The van der Waals surface area contributed by atoms with Gasteiger partial charge in [0.2, 0.25) is 0 Å². The van der Waals surface area contributed by atoms with Crippen LogP contribution in [-0.4, -0.2) is 29.8 Å². The highest BCUT2D eigenvalue weighted by molar-refractivity contribution is 6.39. The molecule has 1 aromatic carbocycles. The van der Waals surface area contributed by atoms with Crippen LogP contribution < -0.4 is 5.32 Å². The fourth-order valence-corrected chi connectivity index (χ4v) is 2.09. The Hall–Kier alpha value is -1.84. The number of anilines is 1. The van der Waals surface area contributed by atoms with Crippen molar-refractivity contribution in [2.45, 2.75) is 46.5 Å². The number of carbonyl (C=O) groups excluding carboxylic acids is 2. The Morgan fingerprint density at radius 3 is 2.19 bits per heavy atom. The predicted molar refractivity (Wildman–Crippen MR) is 86.2 cm³/mol. The number of hydrogen-bond acceptors (Lipinski definition) is 2. The number of carbonyl (C=O) groups is 2. The zero-order chi connectivity index (χ0) is 15.7. The molecule has 0 bridgehead atoms. The minimum Gasteiger partial charge on any atom is -0.334 e. The molecule has 4 heteroatoms. The van der Waals surface area contributed by atoms with Gasteiger partial charge in [-0.1, -0.05) is 39.3 Å². The molecule has 0 spiro atoms. The van der Waals surface area contributed by atoms with E-state index >= 15 is 0 Å². The average molecular weight is 290 g/mol. The van der Waals surface area contributed by atoms with E-state index in [-0.39, 0.29) is 0 Å². The third-order valence-electron chi connectivity index (χ3n) is 3.38. The Morgan fingerprint density at radius 2 is 1.67 bits per heavy atom. The second-order valence-corrected chi connectivity index (χ2v) is 5.15. The van der Waals surface area contributed by atoms with Crippen LogP contribution in [0.15, 0.2) is 24.3 Å². The molecule has 0 aliphatic rings. The van der Waals surface area contributed by atoms with Gasteiger partial charge in [-0.2, -0.15) is 0 Å². The van der Waals surface area contributed by atoms with Crippen LogP contribution in [0, 0.1) is 0 Å². The molecule has 1 N–H and O–H groups in total. The third-order valence-corrected chi connectivity index (χ3v) is 3.38. The monoisotopic (exact) mass is 290 g/mol. The molecule has 0 saturated heterocycles. The second-order valence-electron chi connectivity index (χ2n) is 5.15. The van der Waals surface area contributed by atoms with Crippen molar-refractivity contribution < 1.29 is 9.59 Å². The van der Waals surface area contributed by atoms with Crippen molar-refractivity contribution in [1.82, 2.24) is 4.90 Å². The van der Waals surface area contributed by atoms with E-state index < -0.39 is 11.8 Å². The molecule has 2 amide bonds. The number of nitrogens with zero attached hydrogens (tertiary/aromatic N) is 1. The number of amides is 2. The summed E-state index contributed by atoms with van der Waals surface area (Å²) in [6, 6.07) is 7.59. The number of hydrogen-bond donors (Lipinski definition) is 1. The first kappa shape index (κ1) is 17.2. The topological polar surface area (TPSA) is 49.4 Å². The number of benzene rings is 1. The molecule has 0 saturated carbocycles. The standard InChI is InChI=1S/C17H26N2O2/c1-4-7-13-19(12-5-2)17(21)16(20)18-15-10-8-14(6-3)9-11-15/h8-11H,4-7,12-13H2,1-3H3,(H,18,20). The maximum Gasteiger partial charge on any atom is 0.313 e. The van der Waals surface area contributed by atoms with Gasteiger partial charge < -0.3 is 10.2 Å². The maximum atomic E-state index is 12.2. The van der Waals surface area contributed by atoms with E-state index in [2.05, 4.69) is 19.2 Å². The van der Waals surface area contributed by atoms with E-state index in [1.54, 1.807) is 4.90 Å². The van der Waals surface area contributed by atoms with Crippen molar-refractivity contribution in [3.8, 4) is 0 Å². The first-order valence-corrected chi connectivity index (χ1v) is 7.81. The molecule has 116 valence electrons. The van der Waals surface area contributed by atoms with Crippen LogP contribution in [0.4, 0.5) is 5.69 Å².